The molecule has 0 unspecified atom stereocenters. The number of carbonyl (C=O) groups is 1. The van der Waals surface area contributed by atoms with Crippen LogP contribution in [0.15, 0.2) is 42.5 Å². The zero-order valence-corrected chi connectivity index (χ0v) is 14.9. The number of fused-ring (bicyclic) bond motifs is 1. The summed E-state index contributed by atoms with van der Waals surface area (Å²) in [6.07, 6.45) is 0. The summed E-state index contributed by atoms with van der Waals surface area (Å²) in [6, 6.07) is 12.3. The molecule has 1 heterocycles. The van der Waals surface area contributed by atoms with Crippen molar-refractivity contribution in [3.05, 3.63) is 52.5 Å². The number of benzene rings is 2. The summed E-state index contributed by atoms with van der Waals surface area (Å²) in [7, 11) is 0. The summed E-state index contributed by atoms with van der Waals surface area (Å²) in [5.41, 5.74) is -0.271. The van der Waals surface area contributed by atoms with Crippen molar-refractivity contribution in [1.29, 1.82) is 0 Å². The third kappa shape index (κ3) is 3.45. The van der Waals surface area contributed by atoms with E-state index >= 15 is 0 Å². The molecule has 0 saturated carbocycles. The molecule has 2 aromatic carbocycles. The van der Waals surface area contributed by atoms with E-state index in [4.69, 9.17) is 32.7 Å². The summed E-state index contributed by atoms with van der Waals surface area (Å²) in [4.78, 5) is 14.3. The van der Waals surface area contributed by atoms with Crippen LogP contribution in [-0.2, 0) is 4.79 Å². The highest BCUT2D eigenvalue weighted by Gasteiger charge is 2.40. The SMILES string of the molecule is CC1(C)Oc2ccc(Cl)cc2N(CCOc2ccc(Cl)cc2)C1=O. The number of hydrogen-bond donors (Lipinski definition) is 0. The van der Waals surface area contributed by atoms with Gasteiger partial charge in [0, 0.05) is 10.0 Å². The van der Waals surface area contributed by atoms with Crippen molar-refractivity contribution < 1.29 is 14.3 Å². The Morgan fingerprint density at radius 1 is 1.08 bits per heavy atom. The lowest BCUT2D eigenvalue weighted by Crippen LogP contribution is -2.53. The van der Waals surface area contributed by atoms with Crippen LogP contribution in [0.25, 0.3) is 0 Å². The van der Waals surface area contributed by atoms with Gasteiger partial charge in [-0.3, -0.25) is 4.79 Å². The fourth-order valence-electron chi connectivity index (χ4n) is 2.55. The Balaban J connectivity index is 1.77. The molecule has 6 heteroatoms. The van der Waals surface area contributed by atoms with Crippen molar-refractivity contribution in [3.8, 4) is 11.5 Å². The third-order valence-corrected chi connectivity index (χ3v) is 4.22. The molecule has 0 atom stereocenters. The molecule has 126 valence electrons. The maximum Gasteiger partial charge on any atom is 0.270 e. The van der Waals surface area contributed by atoms with Crippen molar-refractivity contribution in [2.45, 2.75) is 19.4 Å². The Labute approximate surface area is 150 Å². The standard InChI is InChI=1S/C18H17Cl2NO3/c1-18(2)17(22)21(15-11-13(20)5-8-16(15)24-18)9-10-23-14-6-3-12(19)4-7-14/h3-8,11H,9-10H2,1-2H3. The van der Waals surface area contributed by atoms with Gasteiger partial charge in [-0.05, 0) is 56.3 Å². The second kappa shape index (κ2) is 6.54. The van der Waals surface area contributed by atoms with Crippen molar-refractivity contribution in [2.24, 2.45) is 0 Å². The summed E-state index contributed by atoms with van der Waals surface area (Å²) < 4.78 is 11.5. The lowest BCUT2D eigenvalue weighted by atomic mass is 10.0. The quantitative estimate of drug-likeness (QED) is 0.795. The van der Waals surface area contributed by atoms with Crippen LogP contribution in [0.2, 0.25) is 10.0 Å². The van der Waals surface area contributed by atoms with Gasteiger partial charge >= 0.3 is 0 Å². The van der Waals surface area contributed by atoms with E-state index in [1.54, 1.807) is 61.2 Å². The molecule has 0 aromatic heterocycles. The Hall–Kier alpha value is -1.91. The van der Waals surface area contributed by atoms with Gasteiger partial charge in [0.25, 0.3) is 5.91 Å². The van der Waals surface area contributed by atoms with Crippen LogP contribution in [0.5, 0.6) is 11.5 Å². The summed E-state index contributed by atoms with van der Waals surface area (Å²) in [5.74, 6) is 1.21. The molecular formula is C18H17Cl2NO3. The van der Waals surface area contributed by atoms with Crippen LogP contribution in [0.4, 0.5) is 5.69 Å². The lowest BCUT2D eigenvalue weighted by Gasteiger charge is -2.38. The van der Waals surface area contributed by atoms with Gasteiger partial charge in [0.2, 0.25) is 0 Å². The second-order valence-corrected chi connectivity index (χ2v) is 6.86. The lowest BCUT2D eigenvalue weighted by molar-refractivity contribution is -0.132. The molecule has 24 heavy (non-hydrogen) atoms. The fourth-order valence-corrected chi connectivity index (χ4v) is 2.84. The van der Waals surface area contributed by atoms with E-state index in [1.165, 1.54) is 0 Å². The van der Waals surface area contributed by atoms with Gasteiger partial charge in [-0.1, -0.05) is 23.2 Å². The van der Waals surface area contributed by atoms with Crippen molar-refractivity contribution in [2.75, 3.05) is 18.1 Å². The predicted molar refractivity (Wildman–Crippen MR) is 95.5 cm³/mol. The Morgan fingerprint density at radius 2 is 1.75 bits per heavy atom. The van der Waals surface area contributed by atoms with Gasteiger partial charge < -0.3 is 14.4 Å². The maximum atomic E-state index is 12.7. The van der Waals surface area contributed by atoms with Gasteiger partial charge in [0.1, 0.15) is 18.1 Å². The highest BCUT2D eigenvalue weighted by Crippen LogP contribution is 2.39. The van der Waals surface area contributed by atoms with E-state index < -0.39 is 5.60 Å². The highest BCUT2D eigenvalue weighted by molar-refractivity contribution is 6.31. The molecule has 0 N–H and O–H groups in total. The highest BCUT2D eigenvalue weighted by atomic mass is 35.5. The van der Waals surface area contributed by atoms with E-state index in [0.717, 1.165) is 0 Å². The fraction of sp³-hybridized carbons (Fsp3) is 0.278. The largest absolute Gasteiger partial charge is 0.492 e. The average Bonchev–Trinajstić information content (AvgIpc) is 2.53. The number of rotatable bonds is 4. The zero-order valence-electron chi connectivity index (χ0n) is 13.4. The van der Waals surface area contributed by atoms with Crippen LogP contribution < -0.4 is 14.4 Å². The molecule has 0 saturated heterocycles. The van der Waals surface area contributed by atoms with E-state index in [9.17, 15) is 4.79 Å². The first-order chi connectivity index (χ1) is 11.4. The molecule has 0 aliphatic carbocycles. The Bertz CT molecular complexity index is 759. The third-order valence-electron chi connectivity index (χ3n) is 3.73. The minimum atomic E-state index is -0.929. The minimum Gasteiger partial charge on any atom is -0.492 e. The molecule has 1 aliphatic rings. The summed E-state index contributed by atoms with van der Waals surface area (Å²) in [5, 5.41) is 1.20. The molecular weight excluding hydrogens is 349 g/mol. The van der Waals surface area contributed by atoms with Gasteiger partial charge in [-0.15, -0.1) is 0 Å². The molecule has 1 aliphatic heterocycles. The number of carbonyl (C=O) groups excluding carboxylic acids is 1. The summed E-state index contributed by atoms with van der Waals surface area (Å²) in [6.45, 7) is 4.23. The molecule has 0 radical (unpaired) electrons. The molecule has 2 aromatic rings. The van der Waals surface area contributed by atoms with Crippen molar-refractivity contribution in [1.82, 2.24) is 0 Å². The minimum absolute atomic E-state index is 0.128. The van der Waals surface area contributed by atoms with E-state index in [1.807, 2.05) is 0 Å². The first kappa shape index (κ1) is 16.9. The predicted octanol–water partition coefficient (Wildman–Crippen LogP) is 4.58. The molecule has 3 rings (SSSR count). The molecule has 0 bridgehead atoms. The number of nitrogens with zero attached hydrogens (tertiary/aromatic N) is 1. The topological polar surface area (TPSA) is 38.8 Å². The molecule has 4 nitrogen and oxygen atoms in total. The number of hydrogen-bond acceptors (Lipinski definition) is 3. The number of anilines is 1. The van der Waals surface area contributed by atoms with Crippen LogP contribution in [-0.4, -0.2) is 24.7 Å². The van der Waals surface area contributed by atoms with Gasteiger partial charge in [-0.2, -0.15) is 0 Å². The number of halogens is 2. The van der Waals surface area contributed by atoms with Crippen molar-refractivity contribution >= 4 is 34.8 Å². The normalized spacial score (nSPS) is 15.7. The van der Waals surface area contributed by atoms with Crippen molar-refractivity contribution in [3.63, 3.8) is 0 Å². The monoisotopic (exact) mass is 365 g/mol. The molecule has 0 spiro atoms. The van der Waals surface area contributed by atoms with E-state index in [0.29, 0.717) is 40.4 Å². The summed E-state index contributed by atoms with van der Waals surface area (Å²) >= 11 is 11.9. The van der Waals surface area contributed by atoms with E-state index in [-0.39, 0.29) is 5.91 Å². The first-order valence-corrected chi connectivity index (χ1v) is 8.31. The smallest absolute Gasteiger partial charge is 0.270 e. The van der Waals surface area contributed by atoms with Gasteiger partial charge in [0.15, 0.2) is 5.60 Å². The maximum absolute atomic E-state index is 12.7. The van der Waals surface area contributed by atoms with Gasteiger partial charge in [0.05, 0.1) is 12.2 Å². The van der Waals surface area contributed by atoms with Crippen LogP contribution in [0, 0.1) is 0 Å². The first-order valence-electron chi connectivity index (χ1n) is 7.56. The number of ether oxygens (including phenoxy) is 2. The zero-order chi connectivity index (χ0) is 17.3. The van der Waals surface area contributed by atoms with Gasteiger partial charge in [-0.25, -0.2) is 0 Å². The molecule has 1 amide bonds. The Kier molecular flexibility index (Phi) is 4.61. The van der Waals surface area contributed by atoms with E-state index in [2.05, 4.69) is 0 Å². The molecule has 0 fully saturated rings. The Morgan fingerprint density at radius 3 is 2.46 bits per heavy atom. The second-order valence-electron chi connectivity index (χ2n) is 5.98. The van der Waals surface area contributed by atoms with Crippen LogP contribution in [0.1, 0.15) is 13.8 Å². The number of amides is 1. The average molecular weight is 366 g/mol. The van der Waals surface area contributed by atoms with Crippen LogP contribution >= 0.6 is 23.2 Å². The van der Waals surface area contributed by atoms with Crippen LogP contribution in [0.3, 0.4) is 0 Å².